The lowest BCUT2D eigenvalue weighted by atomic mass is 9.84. The first kappa shape index (κ1) is 24.7. The van der Waals surface area contributed by atoms with Crippen LogP contribution in [0, 0.1) is 0 Å². The highest BCUT2D eigenvalue weighted by molar-refractivity contribution is 5.04. The van der Waals surface area contributed by atoms with E-state index in [-0.39, 0.29) is 6.61 Å². The Labute approximate surface area is 181 Å². The Morgan fingerprint density at radius 2 is 1.68 bits per heavy atom. The number of nitrogens with one attached hydrogen (secondary N) is 1. The number of aliphatic hydroxyl groups excluding tert-OH is 2. The third kappa shape index (κ3) is 5.37. The lowest BCUT2D eigenvalue weighted by Gasteiger charge is -2.47. The Morgan fingerprint density at radius 3 is 2.29 bits per heavy atom. The average molecular weight is 448 g/mol. The largest absolute Gasteiger partial charge is 0.467 e. The Hall–Kier alpha value is -0.900. The number of likely N-dealkylation sites (N-methyl/N-ethyl adjacent to an activating group) is 1. The molecule has 0 aromatic rings. The standard InChI is InChI=1S/C19H37N5O7/c1-19(27)7-28-18(13(26)16(19)23)31-15-11(22)5-10(21)14(12(15)25)30-17-9(20)4-3-8(29-17)6-24-2/h3,9-18,24-27H,4-7,20-23H2,1-2H3. The zero-order valence-electron chi connectivity index (χ0n) is 18.0. The lowest BCUT2D eigenvalue weighted by Crippen LogP contribution is -2.68. The highest BCUT2D eigenvalue weighted by Gasteiger charge is 2.50. The van der Waals surface area contributed by atoms with Gasteiger partial charge < -0.3 is 62.5 Å². The summed E-state index contributed by atoms with van der Waals surface area (Å²) in [6, 6.07) is -2.65. The summed E-state index contributed by atoms with van der Waals surface area (Å²) in [5.74, 6) is 0.692. The zero-order chi connectivity index (χ0) is 22.9. The Balaban J connectivity index is 1.67. The van der Waals surface area contributed by atoms with Gasteiger partial charge in [0.2, 0.25) is 6.29 Å². The summed E-state index contributed by atoms with van der Waals surface area (Å²) in [6.07, 6.45) is -3.60. The number of aliphatic hydroxyl groups is 3. The van der Waals surface area contributed by atoms with Gasteiger partial charge in [-0.15, -0.1) is 0 Å². The highest BCUT2D eigenvalue weighted by atomic mass is 16.7. The molecular formula is C19H37N5O7. The molecule has 12 heteroatoms. The number of nitrogens with two attached hydrogens (primary N) is 4. The fourth-order valence-electron chi connectivity index (χ4n) is 4.13. The maximum Gasteiger partial charge on any atom is 0.215 e. The van der Waals surface area contributed by atoms with Crippen LogP contribution < -0.4 is 28.3 Å². The first-order chi connectivity index (χ1) is 14.5. The third-order valence-electron chi connectivity index (χ3n) is 6.13. The van der Waals surface area contributed by atoms with Crippen molar-refractivity contribution >= 4 is 0 Å². The average Bonchev–Trinajstić information content (AvgIpc) is 2.70. The molecule has 3 aliphatic rings. The molecule has 1 aliphatic carbocycles. The lowest BCUT2D eigenvalue weighted by molar-refractivity contribution is -0.300. The molecule has 0 amide bonds. The van der Waals surface area contributed by atoms with Crippen molar-refractivity contribution in [1.82, 2.24) is 5.32 Å². The van der Waals surface area contributed by atoms with Crippen molar-refractivity contribution in [3.05, 3.63) is 11.8 Å². The van der Waals surface area contributed by atoms with Crippen LogP contribution in [0.5, 0.6) is 0 Å². The summed E-state index contributed by atoms with van der Waals surface area (Å²) < 4.78 is 23.1. The molecule has 0 radical (unpaired) electrons. The van der Waals surface area contributed by atoms with Crippen molar-refractivity contribution < 1.29 is 34.3 Å². The van der Waals surface area contributed by atoms with Crippen LogP contribution in [0.2, 0.25) is 0 Å². The molecule has 0 spiro atoms. The van der Waals surface area contributed by atoms with Gasteiger partial charge in [0.15, 0.2) is 6.29 Å². The molecule has 31 heavy (non-hydrogen) atoms. The topological polar surface area (TPSA) is 214 Å². The van der Waals surface area contributed by atoms with E-state index in [0.29, 0.717) is 25.1 Å². The molecule has 2 aliphatic heterocycles. The van der Waals surface area contributed by atoms with Crippen LogP contribution in [0.4, 0.5) is 0 Å². The van der Waals surface area contributed by atoms with E-state index in [4.69, 9.17) is 41.9 Å². The maximum atomic E-state index is 11.0. The molecule has 3 rings (SSSR count). The third-order valence-corrected chi connectivity index (χ3v) is 6.13. The second-order valence-corrected chi connectivity index (χ2v) is 8.89. The molecular weight excluding hydrogens is 410 g/mol. The monoisotopic (exact) mass is 447 g/mol. The molecule has 12 nitrogen and oxygen atoms in total. The second-order valence-electron chi connectivity index (χ2n) is 8.89. The van der Waals surface area contributed by atoms with Crippen LogP contribution >= 0.6 is 0 Å². The Morgan fingerprint density at radius 1 is 1.06 bits per heavy atom. The highest BCUT2D eigenvalue weighted by Crippen LogP contribution is 2.30. The van der Waals surface area contributed by atoms with Crippen molar-refractivity contribution in [2.24, 2.45) is 22.9 Å². The minimum Gasteiger partial charge on any atom is -0.467 e. The molecule has 1 saturated carbocycles. The molecule has 2 fully saturated rings. The van der Waals surface area contributed by atoms with E-state index in [1.807, 2.05) is 6.08 Å². The predicted octanol–water partition coefficient (Wildman–Crippen LogP) is -3.85. The van der Waals surface area contributed by atoms with Gasteiger partial charge in [0.25, 0.3) is 0 Å². The summed E-state index contributed by atoms with van der Waals surface area (Å²) in [4.78, 5) is 0. The molecule has 11 atom stereocenters. The van der Waals surface area contributed by atoms with Gasteiger partial charge in [-0.2, -0.15) is 0 Å². The van der Waals surface area contributed by atoms with Gasteiger partial charge in [0, 0.05) is 12.1 Å². The van der Waals surface area contributed by atoms with Crippen LogP contribution in [0.1, 0.15) is 19.8 Å². The molecule has 180 valence electrons. The molecule has 1 saturated heterocycles. The van der Waals surface area contributed by atoms with Crippen molar-refractivity contribution in [3.63, 3.8) is 0 Å². The van der Waals surface area contributed by atoms with Gasteiger partial charge in [0.05, 0.1) is 25.2 Å². The quantitative estimate of drug-likeness (QED) is 0.196. The summed E-state index contributed by atoms with van der Waals surface area (Å²) in [6.45, 7) is 1.84. The van der Waals surface area contributed by atoms with E-state index in [1.165, 1.54) is 6.92 Å². The van der Waals surface area contributed by atoms with E-state index in [9.17, 15) is 15.3 Å². The van der Waals surface area contributed by atoms with Crippen LogP contribution in [0.25, 0.3) is 0 Å². The van der Waals surface area contributed by atoms with E-state index < -0.39 is 66.8 Å². The molecule has 11 unspecified atom stereocenters. The summed E-state index contributed by atoms with van der Waals surface area (Å²) in [5.41, 5.74) is 23.0. The molecule has 0 aromatic heterocycles. The molecule has 0 aromatic carbocycles. The Kier molecular flexibility index (Phi) is 7.92. The molecule has 0 bridgehead atoms. The number of rotatable bonds is 6. The summed E-state index contributed by atoms with van der Waals surface area (Å²) in [7, 11) is 1.80. The van der Waals surface area contributed by atoms with Crippen molar-refractivity contribution in [2.75, 3.05) is 20.2 Å². The van der Waals surface area contributed by atoms with E-state index >= 15 is 0 Å². The summed E-state index contributed by atoms with van der Waals surface area (Å²) >= 11 is 0. The second kappa shape index (κ2) is 9.93. The first-order valence-electron chi connectivity index (χ1n) is 10.6. The normalized spacial score (nSPS) is 48.7. The Bertz CT molecular complexity index is 639. The van der Waals surface area contributed by atoms with Crippen LogP contribution in [-0.4, -0.2) is 102 Å². The number of hydrogen-bond acceptors (Lipinski definition) is 12. The fourth-order valence-corrected chi connectivity index (χ4v) is 4.13. The molecule has 2 heterocycles. The van der Waals surface area contributed by atoms with Gasteiger partial charge in [-0.3, -0.25) is 0 Å². The van der Waals surface area contributed by atoms with E-state index in [1.54, 1.807) is 7.05 Å². The first-order valence-corrected chi connectivity index (χ1v) is 10.6. The van der Waals surface area contributed by atoms with Gasteiger partial charge in [-0.05, 0) is 32.9 Å². The van der Waals surface area contributed by atoms with Gasteiger partial charge in [0.1, 0.15) is 35.8 Å². The number of hydrogen-bond donors (Lipinski definition) is 8. The smallest absolute Gasteiger partial charge is 0.215 e. The zero-order valence-corrected chi connectivity index (χ0v) is 18.0. The minimum atomic E-state index is -1.41. The summed E-state index contributed by atoms with van der Waals surface area (Å²) in [5, 5.41) is 34.6. The van der Waals surface area contributed by atoms with Crippen molar-refractivity contribution in [2.45, 2.75) is 86.5 Å². The van der Waals surface area contributed by atoms with Crippen molar-refractivity contribution in [3.8, 4) is 0 Å². The minimum absolute atomic E-state index is 0.140. The number of ether oxygens (including phenoxy) is 4. The van der Waals surface area contributed by atoms with Gasteiger partial charge in [-0.1, -0.05) is 0 Å². The maximum absolute atomic E-state index is 11.0. The van der Waals surface area contributed by atoms with Gasteiger partial charge in [-0.25, -0.2) is 0 Å². The van der Waals surface area contributed by atoms with E-state index in [2.05, 4.69) is 5.32 Å². The van der Waals surface area contributed by atoms with Crippen LogP contribution in [-0.2, 0) is 18.9 Å². The fraction of sp³-hybridized carbons (Fsp3) is 0.895. The van der Waals surface area contributed by atoms with Crippen LogP contribution in [0.3, 0.4) is 0 Å². The van der Waals surface area contributed by atoms with Crippen molar-refractivity contribution in [1.29, 1.82) is 0 Å². The SMILES string of the molecule is CNCC1=CCC(N)C(OC2C(N)CC(N)C(OC3OCC(C)(O)C(N)C3O)C2O)O1. The van der Waals surface area contributed by atoms with Gasteiger partial charge >= 0.3 is 0 Å². The van der Waals surface area contributed by atoms with E-state index in [0.717, 1.165) is 0 Å². The predicted molar refractivity (Wildman–Crippen MR) is 110 cm³/mol. The molecule has 12 N–H and O–H groups in total. The van der Waals surface area contributed by atoms with Crippen LogP contribution in [0.15, 0.2) is 11.8 Å².